The third-order valence-electron chi connectivity index (χ3n) is 3.86. The Hall–Kier alpha value is -0.570. The first kappa shape index (κ1) is 16.4. The second kappa shape index (κ2) is 5.38. The van der Waals surface area contributed by atoms with Crippen molar-refractivity contribution in [1.82, 2.24) is 0 Å². The van der Waals surface area contributed by atoms with Gasteiger partial charge in [-0.25, -0.2) is 0 Å². The molecule has 0 aromatic carbocycles. The van der Waals surface area contributed by atoms with Crippen LogP contribution in [-0.2, 0) is 9.53 Å². The minimum Gasteiger partial charge on any atom is -0.469 e. The van der Waals surface area contributed by atoms with Crippen molar-refractivity contribution in [3.05, 3.63) is 0 Å². The normalized spacial score (nSPS) is 16.5. The van der Waals surface area contributed by atoms with Gasteiger partial charge >= 0.3 is 5.97 Å². The van der Waals surface area contributed by atoms with E-state index in [-0.39, 0.29) is 23.4 Å². The lowest BCUT2D eigenvalue weighted by atomic mass is 9.58. The molecule has 17 heavy (non-hydrogen) atoms. The van der Waals surface area contributed by atoms with Crippen molar-refractivity contribution >= 4 is 5.97 Å². The number of carbonyl (C=O) groups is 1. The van der Waals surface area contributed by atoms with E-state index in [1.807, 2.05) is 20.8 Å². The fourth-order valence-corrected chi connectivity index (χ4v) is 2.36. The molecule has 102 valence electrons. The number of carbonyl (C=O) groups excluding carboxylic acids is 1. The average Bonchev–Trinajstić information content (AvgIpc) is 2.23. The summed E-state index contributed by atoms with van der Waals surface area (Å²) in [7, 11) is 1.39. The van der Waals surface area contributed by atoms with E-state index >= 15 is 0 Å². The molecule has 0 rings (SSSR count). The summed E-state index contributed by atoms with van der Waals surface area (Å²) >= 11 is 0. The van der Waals surface area contributed by atoms with Crippen LogP contribution in [0.5, 0.6) is 0 Å². The molecule has 0 heterocycles. The third kappa shape index (κ3) is 3.44. The van der Waals surface area contributed by atoms with E-state index in [2.05, 4.69) is 20.8 Å². The number of esters is 1. The number of hydrogen-bond acceptors (Lipinski definition) is 3. The molecular formula is C14H28O3. The summed E-state index contributed by atoms with van der Waals surface area (Å²) in [5.74, 6) is -0.304. The van der Waals surface area contributed by atoms with E-state index < -0.39 is 5.41 Å². The van der Waals surface area contributed by atoms with Gasteiger partial charge < -0.3 is 9.84 Å². The highest BCUT2D eigenvalue weighted by Crippen LogP contribution is 2.49. The summed E-state index contributed by atoms with van der Waals surface area (Å²) in [6.45, 7) is 12.1. The summed E-state index contributed by atoms with van der Waals surface area (Å²) in [5.41, 5.74) is -1.15. The second-order valence-electron chi connectivity index (χ2n) is 6.71. The summed E-state index contributed by atoms with van der Waals surface area (Å²) < 4.78 is 4.94. The zero-order chi connectivity index (χ0) is 13.9. The van der Waals surface area contributed by atoms with Gasteiger partial charge in [0.2, 0.25) is 0 Å². The van der Waals surface area contributed by atoms with Crippen molar-refractivity contribution in [2.45, 2.75) is 54.4 Å². The maximum Gasteiger partial charge on any atom is 0.314 e. The molecule has 3 heteroatoms. The van der Waals surface area contributed by atoms with Gasteiger partial charge in [0.15, 0.2) is 0 Å². The molecule has 0 aliphatic heterocycles. The zero-order valence-electron chi connectivity index (χ0n) is 12.4. The van der Waals surface area contributed by atoms with Crippen molar-refractivity contribution in [2.24, 2.45) is 16.2 Å². The first-order chi connectivity index (χ1) is 7.56. The van der Waals surface area contributed by atoms with E-state index in [9.17, 15) is 9.90 Å². The molecule has 0 bridgehead atoms. The molecule has 0 saturated heterocycles. The fraction of sp³-hybridized carbons (Fsp3) is 0.929. The van der Waals surface area contributed by atoms with Gasteiger partial charge in [-0.2, -0.15) is 0 Å². The van der Waals surface area contributed by atoms with Gasteiger partial charge in [0, 0.05) is 0 Å². The van der Waals surface area contributed by atoms with Gasteiger partial charge in [-0.15, -0.1) is 0 Å². The first-order valence-electron chi connectivity index (χ1n) is 6.25. The predicted molar refractivity (Wildman–Crippen MR) is 69.7 cm³/mol. The van der Waals surface area contributed by atoms with Gasteiger partial charge in [0.25, 0.3) is 0 Å². The van der Waals surface area contributed by atoms with Gasteiger partial charge in [0.1, 0.15) is 0 Å². The second-order valence-corrected chi connectivity index (χ2v) is 6.71. The molecule has 0 aromatic heterocycles. The van der Waals surface area contributed by atoms with Crippen molar-refractivity contribution < 1.29 is 14.6 Å². The lowest BCUT2D eigenvalue weighted by Crippen LogP contribution is -2.50. The lowest BCUT2D eigenvalue weighted by molar-refractivity contribution is -0.169. The van der Waals surface area contributed by atoms with Crippen LogP contribution in [0, 0.1) is 16.2 Å². The topological polar surface area (TPSA) is 46.5 Å². The minimum absolute atomic E-state index is 0.0383. The average molecular weight is 244 g/mol. The van der Waals surface area contributed by atoms with Crippen LogP contribution < -0.4 is 0 Å². The standard InChI is InChI=1S/C14H28O3/c1-8-13(5,6)14(10-15,11(16)17-7)9-12(2,3)4/h15H,8-10H2,1-7H3. The van der Waals surface area contributed by atoms with E-state index in [0.717, 1.165) is 6.42 Å². The monoisotopic (exact) mass is 244 g/mol. The van der Waals surface area contributed by atoms with E-state index in [0.29, 0.717) is 6.42 Å². The number of methoxy groups -OCH3 is 1. The quantitative estimate of drug-likeness (QED) is 0.756. The van der Waals surface area contributed by atoms with Crippen LogP contribution in [0.1, 0.15) is 54.4 Å². The molecular weight excluding hydrogens is 216 g/mol. The molecule has 1 unspecified atom stereocenters. The van der Waals surface area contributed by atoms with Crippen molar-refractivity contribution in [1.29, 1.82) is 0 Å². The SMILES string of the molecule is CCC(C)(C)C(CO)(CC(C)(C)C)C(=O)OC. The highest BCUT2D eigenvalue weighted by molar-refractivity contribution is 5.78. The summed E-state index contributed by atoms with van der Waals surface area (Å²) in [5, 5.41) is 9.81. The van der Waals surface area contributed by atoms with E-state index in [1.165, 1.54) is 7.11 Å². The van der Waals surface area contributed by atoms with Crippen LogP contribution in [0.4, 0.5) is 0 Å². The molecule has 3 nitrogen and oxygen atoms in total. The Balaban J connectivity index is 5.54. The summed E-state index contributed by atoms with van der Waals surface area (Å²) in [6.07, 6.45) is 1.43. The largest absolute Gasteiger partial charge is 0.469 e. The zero-order valence-corrected chi connectivity index (χ0v) is 12.4. The van der Waals surface area contributed by atoms with Gasteiger partial charge in [-0.1, -0.05) is 41.5 Å². The molecule has 1 N–H and O–H groups in total. The van der Waals surface area contributed by atoms with Crippen molar-refractivity contribution in [2.75, 3.05) is 13.7 Å². The van der Waals surface area contributed by atoms with E-state index in [4.69, 9.17) is 4.74 Å². The van der Waals surface area contributed by atoms with Crippen LogP contribution in [0.3, 0.4) is 0 Å². The van der Waals surface area contributed by atoms with E-state index in [1.54, 1.807) is 0 Å². The van der Waals surface area contributed by atoms with Gasteiger partial charge in [-0.3, -0.25) is 4.79 Å². The lowest BCUT2D eigenvalue weighted by Gasteiger charge is -2.46. The molecule has 0 aliphatic rings. The Bertz CT molecular complexity index is 263. The maximum absolute atomic E-state index is 12.2. The summed E-state index contributed by atoms with van der Waals surface area (Å²) in [6, 6.07) is 0. The molecule has 0 amide bonds. The molecule has 0 saturated carbocycles. The van der Waals surface area contributed by atoms with Crippen molar-refractivity contribution in [3.63, 3.8) is 0 Å². The number of aliphatic hydroxyl groups excluding tert-OH is 1. The van der Waals surface area contributed by atoms with Crippen LogP contribution in [-0.4, -0.2) is 24.8 Å². The van der Waals surface area contributed by atoms with Crippen LogP contribution in [0.15, 0.2) is 0 Å². The van der Waals surface area contributed by atoms with Crippen LogP contribution in [0.25, 0.3) is 0 Å². The van der Waals surface area contributed by atoms with Crippen LogP contribution in [0.2, 0.25) is 0 Å². The highest BCUT2D eigenvalue weighted by Gasteiger charge is 2.52. The summed E-state index contributed by atoms with van der Waals surface area (Å²) in [4.78, 5) is 12.2. The smallest absolute Gasteiger partial charge is 0.314 e. The third-order valence-corrected chi connectivity index (χ3v) is 3.86. The predicted octanol–water partition coefficient (Wildman–Crippen LogP) is 3.01. The Kier molecular flexibility index (Phi) is 5.20. The highest BCUT2D eigenvalue weighted by atomic mass is 16.5. The molecule has 0 radical (unpaired) electrons. The van der Waals surface area contributed by atoms with Crippen molar-refractivity contribution in [3.8, 4) is 0 Å². The Morgan fingerprint density at radius 3 is 1.88 bits per heavy atom. The molecule has 0 spiro atoms. The Labute approximate surface area is 106 Å². The fourth-order valence-electron chi connectivity index (χ4n) is 2.36. The molecule has 1 atom stereocenters. The van der Waals surface area contributed by atoms with Crippen LogP contribution >= 0.6 is 0 Å². The van der Waals surface area contributed by atoms with Gasteiger partial charge in [-0.05, 0) is 23.7 Å². The number of hydrogen-bond donors (Lipinski definition) is 1. The number of ether oxygens (including phenoxy) is 1. The first-order valence-corrected chi connectivity index (χ1v) is 6.25. The molecule has 0 aromatic rings. The Morgan fingerprint density at radius 2 is 1.65 bits per heavy atom. The molecule has 0 fully saturated rings. The number of aliphatic hydroxyl groups is 1. The maximum atomic E-state index is 12.2. The number of rotatable bonds is 5. The minimum atomic E-state index is -0.825. The Morgan fingerprint density at radius 1 is 1.18 bits per heavy atom. The molecule has 0 aliphatic carbocycles. The van der Waals surface area contributed by atoms with Gasteiger partial charge in [0.05, 0.1) is 19.1 Å².